The first-order chi connectivity index (χ1) is 10.2. The lowest BCUT2D eigenvalue weighted by Gasteiger charge is -2.36. The molecule has 3 heterocycles. The van der Waals surface area contributed by atoms with Crippen LogP contribution in [0.4, 0.5) is 0 Å². The fraction of sp³-hybridized carbons (Fsp3) is 0.786. The van der Waals surface area contributed by atoms with Crippen molar-refractivity contribution in [2.75, 3.05) is 45.8 Å². The zero-order valence-electron chi connectivity index (χ0n) is 12.2. The normalized spacial score (nSPS) is 26.3. The van der Waals surface area contributed by atoms with E-state index in [9.17, 15) is 14.4 Å². The molecule has 0 saturated carbocycles. The van der Waals surface area contributed by atoms with Crippen LogP contribution >= 0.6 is 0 Å². The Labute approximate surface area is 124 Å². The van der Waals surface area contributed by atoms with E-state index >= 15 is 0 Å². The van der Waals surface area contributed by atoms with Gasteiger partial charge in [-0.25, -0.2) is 0 Å². The second kappa shape index (κ2) is 6.01. The van der Waals surface area contributed by atoms with Gasteiger partial charge < -0.3 is 20.0 Å². The summed E-state index contributed by atoms with van der Waals surface area (Å²) in [7, 11) is 0. The summed E-state index contributed by atoms with van der Waals surface area (Å²) in [4.78, 5) is 41.6. The largest absolute Gasteiger partial charge is 0.340 e. The average Bonchev–Trinajstić information content (AvgIpc) is 3.00. The van der Waals surface area contributed by atoms with Gasteiger partial charge in [-0.3, -0.25) is 14.4 Å². The molecule has 21 heavy (non-hydrogen) atoms. The lowest BCUT2D eigenvalue weighted by molar-refractivity contribution is -0.154. The van der Waals surface area contributed by atoms with Crippen LogP contribution in [0.3, 0.4) is 0 Å². The third-order valence-corrected chi connectivity index (χ3v) is 4.56. The highest BCUT2D eigenvalue weighted by molar-refractivity contribution is 5.95. The topological polar surface area (TPSA) is 73.0 Å². The number of piperazine rings is 2. The minimum atomic E-state index is -0.277. The van der Waals surface area contributed by atoms with E-state index in [0.29, 0.717) is 19.5 Å². The Kier molecular flexibility index (Phi) is 4.10. The molecule has 0 aromatic rings. The summed E-state index contributed by atoms with van der Waals surface area (Å²) in [5.74, 6) is 0.109. The Morgan fingerprint density at radius 3 is 2.71 bits per heavy atom. The van der Waals surface area contributed by atoms with Gasteiger partial charge >= 0.3 is 0 Å². The van der Waals surface area contributed by atoms with Crippen LogP contribution in [-0.4, -0.2) is 84.3 Å². The van der Waals surface area contributed by atoms with Crippen LogP contribution in [-0.2, 0) is 14.4 Å². The van der Waals surface area contributed by atoms with E-state index in [4.69, 9.17) is 0 Å². The first-order valence-electron chi connectivity index (χ1n) is 7.73. The van der Waals surface area contributed by atoms with Gasteiger partial charge in [0, 0.05) is 45.7 Å². The second-order valence-electron chi connectivity index (χ2n) is 5.89. The quantitative estimate of drug-likeness (QED) is 0.698. The van der Waals surface area contributed by atoms with Crippen molar-refractivity contribution in [3.8, 4) is 0 Å². The molecule has 0 radical (unpaired) electrons. The lowest BCUT2D eigenvalue weighted by Crippen LogP contribution is -2.57. The summed E-state index contributed by atoms with van der Waals surface area (Å²) in [5.41, 5.74) is 0. The van der Waals surface area contributed by atoms with Gasteiger partial charge in [-0.15, -0.1) is 0 Å². The number of nitrogens with zero attached hydrogens (tertiary/aromatic N) is 3. The molecule has 7 nitrogen and oxygen atoms in total. The Bertz CT molecular complexity index is 448. The number of rotatable bonds is 3. The summed E-state index contributed by atoms with van der Waals surface area (Å²) < 4.78 is 0. The lowest BCUT2D eigenvalue weighted by atomic mass is 10.1. The maximum absolute atomic E-state index is 12.3. The van der Waals surface area contributed by atoms with Gasteiger partial charge in [-0.05, 0) is 12.8 Å². The van der Waals surface area contributed by atoms with E-state index in [2.05, 4.69) is 5.32 Å². The number of carbonyl (C=O) groups is 3. The minimum Gasteiger partial charge on any atom is -0.340 e. The zero-order chi connectivity index (χ0) is 14.8. The van der Waals surface area contributed by atoms with Gasteiger partial charge in [-0.2, -0.15) is 0 Å². The van der Waals surface area contributed by atoms with Crippen molar-refractivity contribution >= 4 is 17.7 Å². The maximum atomic E-state index is 12.3. The van der Waals surface area contributed by atoms with Gasteiger partial charge in [0.1, 0.15) is 6.04 Å². The predicted molar refractivity (Wildman–Crippen MR) is 75.4 cm³/mol. The SMILES string of the molecule is O=C(CCN1CC(=O)N2CCCC2C1=O)N1CCNCC1. The van der Waals surface area contributed by atoms with Gasteiger partial charge in [-0.1, -0.05) is 0 Å². The molecule has 116 valence electrons. The molecular formula is C14H22N4O3. The number of hydrogen-bond donors (Lipinski definition) is 1. The molecule has 3 fully saturated rings. The maximum Gasteiger partial charge on any atom is 0.245 e. The highest BCUT2D eigenvalue weighted by Gasteiger charge is 2.41. The Morgan fingerprint density at radius 1 is 1.19 bits per heavy atom. The summed E-state index contributed by atoms with van der Waals surface area (Å²) in [5, 5.41) is 3.20. The second-order valence-corrected chi connectivity index (χ2v) is 5.89. The molecule has 0 spiro atoms. The van der Waals surface area contributed by atoms with Crippen molar-refractivity contribution in [2.45, 2.75) is 25.3 Å². The standard InChI is InChI=1S/C14H22N4O3/c19-12(16-8-4-15-5-9-16)3-7-17-10-13(20)18-6-1-2-11(18)14(17)21/h11,15H,1-10H2. The molecule has 1 atom stereocenters. The summed E-state index contributed by atoms with van der Waals surface area (Å²) in [6.45, 7) is 4.28. The molecular weight excluding hydrogens is 272 g/mol. The number of amides is 3. The Balaban J connectivity index is 1.53. The molecule has 3 aliphatic heterocycles. The first kappa shape index (κ1) is 14.3. The van der Waals surface area contributed by atoms with E-state index in [1.165, 1.54) is 0 Å². The molecule has 0 aliphatic carbocycles. The number of hydrogen-bond acceptors (Lipinski definition) is 4. The number of nitrogens with one attached hydrogen (secondary N) is 1. The first-order valence-corrected chi connectivity index (χ1v) is 7.73. The van der Waals surface area contributed by atoms with E-state index in [0.717, 1.165) is 39.0 Å². The zero-order valence-corrected chi connectivity index (χ0v) is 12.2. The Hall–Kier alpha value is -1.63. The number of fused-ring (bicyclic) bond motifs is 1. The molecule has 0 bridgehead atoms. The van der Waals surface area contributed by atoms with Gasteiger partial charge in [0.25, 0.3) is 0 Å². The summed E-state index contributed by atoms with van der Waals surface area (Å²) >= 11 is 0. The third kappa shape index (κ3) is 2.88. The monoisotopic (exact) mass is 294 g/mol. The van der Waals surface area contributed by atoms with Crippen molar-refractivity contribution in [3.63, 3.8) is 0 Å². The van der Waals surface area contributed by atoms with Gasteiger partial charge in [0.2, 0.25) is 17.7 Å². The fourth-order valence-corrected chi connectivity index (χ4v) is 3.36. The molecule has 3 rings (SSSR count). The fourth-order valence-electron chi connectivity index (χ4n) is 3.36. The number of carbonyl (C=O) groups excluding carboxylic acids is 3. The van der Waals surface area contributed by atoms with Crippen LogP contribution in [0, 0.1) is 0 Å². The molecule has 1 N–H and O–H groups in total. The smallest absolute Gasteiger partial charge is 0.245 e. The van der Waals surface area contributed by atoms with E-state index in [1.807, 2.05) is 4.90 Å². The van der Waals surface area contributed by atoms with Crippen LogP contribution in [0.2, 0.25) is 0 Å². The van der Waals surface area contributed by atoms with Gasteiger partial charge in [0.15, 0.2) is 0 Å². The molecule has 0 aromatic heterocycles. The van der Waals surface area contributed by atoms with Crippen molar-refractivity contribution in [1.82, 2.24) is 20.0 Å². The molecule has 7 heteroatoms. The van der Waals surface area contributed by atoms with Crippen LogP contribution in [0.15, 0.2) is 0 Å². The van der Waals surface area contributed by atoms with E-state index in [-0.39, 0.29) is 30.3 Å². The summed E-state index contributed by atoms with van der Waals surface area (Å²) in [6, 6.07) is -0.277. The minimum absolute atomic E-state index is 0.0141. The molecule has 0 aromatic carbocycles. The van der Waals surface area contributed by atoms with Crippen molar-refractivity contribution in [3.05, 3.63) is 0 Å². The molecule has 1 unspecified atom stereocenters. The van der Waals surface area contributed by atoms with Crippen LogP contribution in [0.1, 0.15) is 19.3 Å². The highest BCUT2D eigenvalue weighted by Crippen LogP contribution is 2.23. The van der Waals surface area contributed by atoms with Crippen LogP contribution in [0.25, 0.3) is 0 Å². The van der Waals surface area contributed by atoms with Crippen LogP contribution < -0.4 is 5.32 Å². The highest BCUT2D eigenvalue weighted by atomic mass is 16.2. The van der Waals surface area contributed by atoms with Crippen molar-refractivity contribution in [1.29, 1.82) is 0 Å². The molecule has 3 aliphatic rings. The van der Waals surface area contributed by atoms with E-state index in [1.54, 1.807) is 9.80 Å². The summed E-state index contributed by atoms with van der Waals surface area (Å²) in [6.07, 6.45) is 1.97. The predicted octanol–water partition coefficient (Wildman–Crippen LogP) is -1.36. The van der Waals surface area contributed by atoms with Crippen LogP contribution in [0.5, 0.6) is 0 Å². The third-order valence-electron chi connectivity index (χ3n) is 4.56. The Morgan fingerprint density at radius 2 is 1.95 bits per heavy atom. The average molecular weight is 294 g/mol. The molecule has 3 amide bonds. The van der Waals surface area contributed by atoms with Gasteiger partial charge in [0.05, 0.1) is 6.54 Å². The van der Waals surface area contributed by atoms with Crippen molar-refractivity contribution in [2.24, 2.45) is 0 Å². The van der Waals surface area contributed by atoms with Crippen molar-refractivity contribution < 1.29 is 14.4 Å². The molecule has 3 saturated heterocycles. The van der Waals surface area contributed by atoms with E-state index < -0.39 is 0 Å².